The van der Waals surface area contributed by atoms with Gasteiger partial charge in [0.1, 0.15) is 0 Å². The number of nitrogens with one attached hydrogen (secondary N) is 1. The summed E-state index contributed by atoms with van der Waals surface area (Å²) >= 11 is 5.65. The van der Waals surface area contributed by atoms with Crippen LogP contribution in [0.15, 0.2) is 29.2 Å². The van der Waals surface area contributed by atoms with Crippen LogP contribution in [-0.2, 0) is 16.4 Å². The average Bonchev–Trinajstić information content (AvgIpc) is 2.39. The molecule has 20 heavy (non-hydrogen) atoms. The predicted molar refractivity (Wildman–Crippen MR) is 81.6 cm³/mol. The lowest BCUT2D eigenvalue weighted by Crippen LogP contribution is -2.46. The maximum absolute atomic E-state index is 12.3. The number of rotatable bonds is 8. The molecule has 6 heteroatoms. The van der Waals surface area contributed by atoms with Crippen molar-refractivity contribution in [2.75, 3.05) is 12.5 Å². The Hall–Kier alpha value is -0.620. The number of benzene rings is 1. The van der Waals surface area contributed by atoms with E-state index in [1.165, 1.54) is 0 Å². The fraction of sp³-hybridized carbons (Fsp3) is 0.571. The summed E-state index contributed by atoms with van der Waals surface area (Å²) in [5.41, 5.74) is 0.370. The number of hydrogen-bond donors (Lipinski definition) is 2. The van der Waals surface area contributed by atoms with E-state index in [0.29, 0.717) is 25.1 Å². The molecule has 0 aliphatic rings. The molecule has 4 nitrogen and oxygen atoms in total. The molecule has 0 saturated carbocycles. The van der Waals surface area contributed by atoms with Crippen LogP contribution in [0.25, 0.3) is 0 Å². The zero-order chi connectivity index (χ0) is 15.2. The lowest BCUT2D eigenvalue weighted by Gasteiger charge is -2.28. The third-order valence-electron chi connectivity index (χ3n) is 3.44. The number of aliphatic hydroxyl groups excluding tert-OH is 1. The molecule has 1 aromatic carbocycles. The van der Waals surface area contributed by atoms with E-state index in [1.54, 1.807) is 31.2 Å². The van der Waals surface area contributed by atoms with Gasteiger partial charge in [0.15, 0.2) is 0 Å². The van der Waals surface area contributed by atoms with Gasteiger partial charge in [-0.25, -0.2) is 13.1 Å². The smallest absolute Gasteiger partial charge is 0.241 e. The maximum Gasteiger partial charge on any atom is 0.241 e. The van der Waals surface area contributed by atoms with Crippen LogP contribution in [0.5, 0.6) is 0 Å². The first-order chi connectivity index (χ1) is 9.37. The van der Waals surface area contributed by atoms with E-state index >= 15 is 0 Å². The van der Waals surface area contributed by atoms with Gasteiger partial charge >= 0.3 is 0 Å². The van der Waals surface area contributed by atoms with E-state index in [0.717, 1.165) is 5.56 Å². The fourth-order valence-electron chi connectivity index (χ4n) is 1.87. The Labute approximate surface area is 126 Å². The van der Waals surface area contributed by atoms with E-state index in [1.807, 2.05) is 6.92 Å². The summed E-state index contributed by atoms with van der Waals surface area (Å²) in [5, 5.41) is 9.05. The first-order valence-corrected chi connectivity index (χ1v) is 8.68. The van der Waals surface area contributed by atoms with Gasteiger partial charge in [0, 0.05) is 18.0 Å². The van der Waals surface area contributed by atoms with Gasteiger partial charge in [-0.3, -0.25) is 0 Å². The second-order valence-electron chi connectivity index (χ2n) is 5.08. The van der Waals surface area contributed by atoms with Crippen LogP contribution in [0.4, 0.5) is 0 Å². The molecule has 0 spiro atoms. The molecule has 0 aromatic heterocycles. The molecule has 0 saturated heterocycles. The summed E-state index contributed by atoms with van der Waals surface area (Å²) in [5.74, 6) is 0.509. The predicted octanol–water partition coefficient (Wildman–Crippen LogP) is 2.30. The summed E-state index contributed by atoms with van der Waals surface area (Å²) in [6.07, 6.45) is 1.71. The van der Waals surface area contributed by atoms with E-state index in [4.69, 9.17) is 16.7 Å². The SMILES string of the molecule is CCC(C)(CCO)NS(=O)(=O)c1ccc(CCCl)cc1. The molecular formula is C14H22ClNO3S. The van der Waals surface area contributed by atoms with Gasteiger partial charge in [0.05, 0.1) is 4.90 Å². The van der Waals surface area contributed by atoms with Gasteiger partial charge in [-0.15, -0.1) is 11.6 Å². The number of alkyl halides is 1. The summed E-state index contributed by atoms with van der Waals surface area (Å²) in [6.45, 7) is 3.63. The van der Waals surface area contributed by atoms with E-state index in [-0.39, 0.29) is 11.5 Å². The Morgan fingerprint density at radius 1 is 1.30 bits per heavy atom. The minimum absolute atomic E-state index is 0.0540. The van der Waals surface area contributed by atoms with Crippen molar-refractivity contribution >= 4 is 21.6 Å². The Kier molecular flexibility index (Phi) is 6.45. The van der Waals surface area contributed by atoms with Crippen LogP contribution in [-0.4, -0.2) is 31.6 Å². The van der Waals surface area contributed by atoms with Crippen molar-refractivity contribution in [1.29, 1.82) is 0 Å². The molecule has 1 aromatic rings. The van der Waals surface area contributed by atoms with Crippen LogP contribution < -0.4 is 4.72 Å². The first kappa shape index (κ1) is 17.4. The van der Waals surface area contributed by atoms with Crippen molar-refractivity contribution in [1.82, 2.24) is 4.72 Å². The molecule has 0 aliphatic heterocycles. The highest BCUT2D eigenvalue weighted by atomic mass is 35.5. The van der Waals surface area contributed by atoms with Crippen LogP contribution in [0.1, 0.15) is 32.3 Å². The quantitative estimate of drug-likeness (QED) is 0.723. The second-order valence-corrected chi connectivity index (χ2v) is 7.14. The lowest BCUT2D eigenvalue weighted by atomic mass is 9.97. The Morgan fingerprint density at radius 3 is 2.35 bits per heavy atom. The number of hydrogen-bond acceptors (Lipinski definition) is 3. The average molecular weight is 320 g/mol. The first-order valence-electron chi connectivity index (χ1n) is 6.66. The minimum Gasteiger partial charge on any atom is -0.396 e. The molecule has 0 fully saturated rings. The van der Waals surface area contributed by atoms with Gasteiger partial charge in [0.25, 0.3) is 0 Å². The molecule has 0 aliphatic carbocycles. The topological polar surface area (TPSA) is 66.4 Å². The van der Waals surface area contributed by atoms with Crippen molar-refractivity contribution in [3.05, 3.63) is 29.8 Å². The molecule has 1 rings (SSSR count). The van der Waals surface area contributed by atoms with Crippen LogP contribution >= 0.6 is 11.6 Å². The van der Waals surface area contributed by atoms with Crippen LogP contribution in [0.2, 0.25) is 0 Å². The normalized spacial score (nSPS) is 15.0. The molecule has 0 heterocycles. The van der Waals surface area contributed by atoms with Crippen molar-refractivity contribution in [3.8, 4) is 0 Å². The van der Waals surface area contributed by atoms with E-state index in [2.05, 4.69) is 4.72 Å². The third kappa shape index (κ3) is 4.74. The van der Waals surface area contributed by atoms with Crippen LogP contribution in [0.3, 0.4) is 0 Å². The van der Waals surface area contributed by atoms with Crippen molar-refractivity contribution in [3.63, 3.8) is 0 Å². The van der Waals surface area contributed by atoms with Gasteiger partial charge in [-0.2, -0.15) is 0 Å². The van der Waals surface area contributed by atoms with Gasteiger partial charge < -0.3 is 5.11 Å². The van der Waals surface area contributed by atoms with E-state index < -0.39 is 15.6 Å². The Balaban J connectivity index is 2.92. The molecule has 0 amide bonds. The fourth-order valence-corrected chi connectivity index (χ4v) is 3.60. The molecule has 1 atom stereocenters. The third-order valence-corrected chi connectivity index (χ3v) is 5.28. The summed E-state index contributed by atoms with van der Waals surface area (Å²) in [6, 6.07) is 6.71. The summed E-state index contributed by atoms with van der Waals surface area (Å²) < 4.78 is 27.3. The zero-order valence-corrected chi connectivity index (χ0v) is 13.5. The highest BCUT2D eigenvalue weighted by molar-refractivity contribution is 7.89. The largest absolute Gasteiger partial charge is 0.396 e. The zero-order valence-electron chi connectivity index (χ0n) is 11.9. The molecule has 114 valence electrons. The lowest BCUT2D eigenvalue weighted by molar-refractivity contribution is 0.233. The Bertz CT molecular complexity index is 516. The van der Waals surface area contributed by atoms with Crippen LogP contribution in [0, 0.1) is 0 Å². The second kappa shape index (κ2) is 7.41. The van der Waals surface area contributed by atoms with Crippen molar-refractivity contribution < 1.29 is 13.5 Å². The van der Waals surface area contributed by atoms with Crippen molar-refractivity contribution in [2.45, 2.75) is 43.5 Å². The summed E-state index contributed by atoms with van der Waals surface area (Å²) in [7, 11) is -3.58. The standard InChI is InChI=1S/C14H22ClNO3S/c1-3-14(2,9-11-17)16-20(18,19)13-6-4-12(5-7-13)8-10-15/h4-7,16-17H,3,8-11H2,1-2H3. The summed E-state index contributed by atoms with van der Waals surface area (Å²) in [4.78, 5) is 0.230. The number of aryl methyl sites for hydroxylation is 1. The molecule has 1 unspecified atom stereocenters. The molecule has 2 N–H and O–H groups in total. The van der Waals surface area contributed by atoms with Gasteiger partial charge in [0.2, 0.25) is 10.0 Å². The highest BCUT2D eigenvalue weighted by Gasteiger charge is 2.28. The molecular weight excluding hydrogens is 298 g/mol. The number of aliphatic hydroxyl groups is 1. The van der Waals surface area contributed by atoms with Crippen molar-refractivity contribution in [2.24, 2.45) is 0 Å². The minimum atomic E-state index is -3.58. The number of sulfonamides is 1. The molecule has 0 bridgehead atoms. The van der Waals surface area contributed by atoms with E-state index in [9.17, 15) is 8.42 Å². The monoisotopic (exact) mass is 319 g/mol. The van der Waals surface area contributed by atoms with Gasteiger partial charge in [-0.05, 0) is 43.9 Å². The van der Waals surface area contributed by atoms with Gasteiger partial charge in [-0.1, -0.05) is 19.1 Å². The molecule has 0 radical (unpaired) electrons. The number of halogens is 1. The Morgan fingerprint density at radius 2 is 1.90 bits per heavy atom. The maximum atomic E-state index is 12.3. The highest BCUT2D eigenvalue weighted by Crippen LogP contribution is 2.19.